The minimum Gasteiger partial charge on any atom is -0.460 e. The van der Waals surface area contributed by atoms with Gasteiger partial charge in [-0.25, -0.2) is 0 Å². The normalized spacial score (nSPS) is 16.8. The molecule has 1 aliphatic heterocycles. The van der Waals surface area contributed by atoms with E-state index >= 15 is 0 Å². The van der Waals surface area contributed by atoms with Crippen LogP contribution in [0.1, 0.15) is 22.8 Å². The highest BCUT2D eigenvalue weighted by Crippen LogP contribution is 2.32. The van der Waals surface area contributed by atoms with E-state index in [-0.39, 0.29) is 27.4 Å². The maximum atomic E-state index is 13.5. The molecule has 0 saturated carbocycles. The third-order valence-electron chi connectivity index (χ3n) is 5.56. The molecule has 0 bridgehead atoms. The first-order valence-electron chi connectivity index (χ1n) is 9.58. The van der Waals surface area contributed by atoms with Crippen molar-refractivity contribution in [3.8, 4) is 0 Å². The summed E-state index contributed by atoms with van der Waals surface area (Å²) in [6.07, 6.45) is -5.98. The Morgan fingerprint density at radius 2 is 1.53 bits per heavy atom. The zero-order valence-corrected chi connectivity index (χ0v) is 18.6. The molecule has 0 spiro atoms. The van der Waals surface area contributed by atoms with Gasteiger partial charge in [0.05, 0.1) is 0 Å². The lowest BCUT2D eigenvalue weighted by Gasteiger charge is -2.25. The highest BCUT2D eigenvalue weighted by molar-refractivity contribution is 7.86. The third kappa shape index (κ3) is 4.41. The molecular weight excluding hydrogens is 443 g/mol. The van der Waals surface area contributed by atoms with Crippen LogP contribution in [0.5, 0.6) is 0 Å². The lowest BCUT2D eigenvalue weighted by Crippen LogP contribution is -2.51. The van der Waals surface area contributed by atoms with Crippen molar-refractivity contribution in [2.24, 2.45) is 5.73 Å². The van der Waals surface area contributed by atoms with Gasteiger partial charge in [0.25, 0.3) is 0 Å². The van der Waals surface area contributed by atoms with E-state index in [0.29, 0.717) is 5.56 Å². The number of benzene rings is 2. The average Bonchev–Trinajstić information content (AvgIpc) is 2.94. The summed E-state index contributed by atoms with van der Waals surface area (Å²) in [4.78, 5) is 13.0. The first kappa shape index (κ1) is 23.9. The number of hydrogen-bond donors (Lipinski definition) is 1. The lowest BCUT2D eigenvalue weighted by molar-refractivity contribution is -0.135. The van der Waals surface area contributed by atoms with Crippen LogP contribution in [0.4, 0.5) is 13.2 Å². The summed E-state index contributed by atoms with van der Waals surface area (Å²) < 4.78 is 75.9. The highest BCUT2D eigenvalue weighted by Gasteiger charge is 2.43. The summed E-state index contributed by atoms with van der Waals surface area (Å²) in [7, 11) is 1.28. The molecule has 2 aromatic carbocycles. The smallest absolute Gasteiger partial charge is 0.415 e. The fourth-order valence-corrected chi connectivity index (χ4v) is 4.92. The molecule has 1 unspecified atom stereocenters. The summed E-state index contributed by atoms with van der Waals surface area (Å²) in [5, 5.41) is 0. The molecule has 32 heavy (non-hydrogen) atoms. The molecule has 0 fully saturated rings. The van der Waals surface area contributed by atoms with Crippen LogP contribution < -0.4 is 27.6 Å². The zero-order valence-electron chi connectivity index (χ0n) is 17.8. The van der Waals surface area contributed by atoms with Crippen molar-refractivity contribution in [1.29, 1.82) is 0 Å². The Labute approximate surface area is 187 Å². The van der Waals surface area contributed by atoms with Gasteiger partial charge in [-0.3, -0.25) is 4.79 Å². The molecule has 164 valence electrons. The SMILES string of the molecule is Bc1c(B)c(C(F)(F)F)c(B)c(B)c1C1OC(N)=C(OS(=O)(=O)Cc2ccccc2)C1=O. The van der Waals surface area contributed by atoms with Crippen LogP contribution in [0, 0.1) is 0 Å². The highest BCUT2D eigenvalue weighted by atomic mass is 32.2. The number of carbonyl (C=O) groups excluding carboxylic acids is 1. The van der Waals surface area contributed by atoms with Gasteiger partial charge in [-0.2, -0.15) is 21.6 Å². The van der Waals surface area contributed by atoms with Gasteiger partial charge in [0.15, 0.2) is 6.10 Å². The van der Waals surface area contributed by atoms with Crippen molar-refractivity contribution in [3.05, 3.63) is 58.7 Å². The van der Waals surface area contributed by atoms with E-state index in [1.165, 1.54) is 31.4 Å². The molecule has 0 radical (unpaired) electrons. The van der Waals surface area contributed by atoms with Crippen LogP contribution in [-0.4, -0.2) is 45.6 Å². The number of ether oxygens (including phenoxy) is 1. The van der Waals surface area contributed by atoms with E-state index in [4.69, 9.17) is 14.7 Å². The van der Waals surface area contributed by atoms with Crippen molar-refractivity contribution >= 4 is 69.1 Å². The van der Waals surface area contributed by atoms with Crippen molar-refractivity contribution < 1.29 is 35.3 Å². The number of halogens is 3. The molecule has 14 heteroatoms. The first-order chi connectivity index (χ1) is 14.7. The van der Waals surface area contributed by atoms with Crippen LogP contribution in [0.25, 0.3) is 0 Å². The number of alkyl halides is 3. The Balaban J connectivity index is 1.95. The molecular formula is C18H18B4F3NO5S. The maximum absolute atomic E-state index is 13.5. The van der Waals surface area contributed by atoms with Crippen LogP contribution >= 0.6 is 0 Å². The Bertz CT molecular complexity index is 1200. The van der Waals surface area contributed by atoms with Crippen LogP contribution in [0.2, 0.25) is 0 Å². The summed E-state index contributed by atoms with van der Waals surface area (Å²) in [6.45, 7) is 0. The molecule has 0 aromatic heterocycles. The molecule has 0 amide bonds. The second kappa shape index (κ2) is 8.31. The van der Waals surface area contributed by atoms with Gasteiger partial charge in [0, 0.05) is 5.56 Å². The van der Waals surface area contributed by atoms with Gasteiger partial charge < -0.3 is 14.7 Å². The molecule has 1 atom stereocenters. The molecule has 0 aliphatic carbocycles. The Kier molecular flexibility index (Phi) is 6.21. The van der Waals surface area contributed by atoms with E-state index in [2.05, 4.69) is 0 Å². The summed E-state index contributed by atoms with van der Waals surface area (Å²) in [5.74, 6) is -2.59. The number of carbonyl (C=O) groups is 1. The van der Waals surface area contributed by atoms with Gasteiger partial charge in [0.1, 0.15) is 37.1 Å². The predicted octanol–water partition coefficient (Wildman–Crippen LogP) is -3.95. The molecule has 2 N–H and O–H groups in total. The maximum Gasteiger partial charge on any atom is 0.415 e. The van der Waals surface area contributed by atoms with E-state index < -0.39 is 51.1 Å². The average molecular weight is 461 g/mol. The summed E-state index contributed by atoms with van der Waals surface area (Å²) >= 11 is 0. The number of hydrogen-bond acceptors (Lipinski definition) is 6. The van der Waals surface area contributed by atoms with Crippen LogP contribution in [-0.2, 0) is 35.8 Å². The van der Waals surface area contributed by atoms with Gasteiger partial charge in [-0.05, 0) is 11.1 Å². The third-order valence-corrected chi connectivity index (χ3v) is 6.66. The van der Waals surface area contributed by atoms with E-state index in [1.807, 2.05) is 0 Å². The fraction of sp³-hybridized carbons (Fsp3) is 0.167. The largest absolute Gasteiger partial charge is 0.460 e. The van der Waals surface area contributed by atoms with E-state index in [0.717, 1.165) is 0 Å². The number of nitrogens with two attached hydrogens (primary N) is 1. The topological polar surface area (TPSA) is 95.7 Å². The minimum absolute atomic E-state index is 0.0448. The molecule has 6 nitrogen and oxygen atoms in total. The predicted molar refractivity (Wildman–Crippen MR) is 124 cm³/mol. The number of rotatable bonds is 5. The molecule has 3 rings (SSSR count). The van der Waals surface area contributed by atoms with Crippen LogP contribution in [0.15, 0.2) is 42.0 Å². The number of Topliss-reactive ketones (excluding diaryl/α,β-unsaturated/α-hetero) is 1. The quantitative estimate of drug-likeness (QED) is 0.362. The second-order valence-corrected chi connectivity index (χ2v) is 9.18. The van der Waals surface area contributed by atoms with Gasteiger partial charge >= 0.3 is 16.3 Å². The van der Waals surface area contributed by atoms with Crippen molar-refractivity contribution in [3.63, 3.8) is 0 Å². The minimum atomic E-state index is -4.57. The Hall–Kier alpha value is -2.75. The fourth-order valence-electron chi connectivity index (χ4n) is 3.84. The molecule has 1 aliphatic rings. The first-order valence-corrected chi connectivity index (χ1v) is 11.2. The Morgan fingerprint density at radius 3 is 2.03 bits per heavy atom. The number of ketones is 1. The van der Waals surface area contributed by atoms with Crippen LogP contribution in [0.3, 0.4) is 0 Å². The second-order valence-electron chi connectivity index (χ2n) is 7.61. The summed E-state index contributed by atoms with van der Waals surface area (Å²) in [5.41, 5.74) is 5.94. The molecule has 2 aromatic rings. The molecule has 1 heterocycles. The van der Waals surface area contributed by atoms with Gasteiger partial charge in [-0.15, -0.1) is 0 Å². The van der Waals surface area contributed by atoms with Gasteiger partial charge in [-0.1, -0.05) is 52.2 Å². The van der Waals surface area contributed by atoms with Crippen molar-refractivity contribution in [2.45, 2.75) is 18.0 Å². The van der Waals surface area contributed by atoms with E-state index in [1.54, 1.807) is 30.3 Å². The Morgan fingerprint density at radius 1 is 1.00 bits per heavy atom. The standard InChI is InChI=1S/C18H18B4F3NO5S/c19-10-8(11(20)13(22)9(12(10)21)18(23,24)25)15-14(27)16(17(26)30-15)31-32(28,29)6-7-4-2-1-3-5-7/h1-5,15H,6,19-22,26H2. The van der Waals surface area contributed by atoms with Crippen molar-refractivity contribution in [1.82, 2.24) is 0 Å². The summed E-state index contributed by atoms with van der Waals surface area (Å²) in [6, 6.07) is 8.18. The van der Waals surface area contributed by atoms with E-state index in [9.17, 15) is 26.4 Å². The van der Waals surface area contributed by atoms with Gasteiger partial charge in [0.2, 0.25) is 17.4 Å². The monoisotopic (exact) mass is 461 g/mol. The molecule has 0 saturated heterocycles. The zero-order chi connectivity index (χ0) is 24.0. The van der Waals surface area contributed by atoms with Crippen molar-refractivity contribution in [2.75, 3.05) is 0 Å². The lowest BCUT2D eigenvalue weighted by atomic mass is 9.63.